The van der Waals surface area contributed by atoms with Crippen molar-refractivity contribution in [3.63, 3.8) is 0 Å². The number of nitrogens with zero attached hydrogens (tertiary/aromatic N) is 1. The fourth-order valence-electron chi connectivity index (χ4n) is 1.09. The monoisotopic (exact) mass is 262 g/mol. The maximum absolute atomic E-state index is 11.5. The van der Waals surface area contributed by atoms with Gasteiger partial charge < -0.3 is 0 Å². The Morgan fingerprint density at radius 3 is 2.25 bits per heavy atom. The zero-order valence-corrected chi connectivity index (χ0v) is 10.8. The lowest BCUT2D eigenvalue weighted by Crippen LogP contribution is -2.28. The van der Waals surface area contributed by atoms with Gasteiger partial charge in [0, 0.05) is 25.7 Å². The largest absolute Gasteiger partial charge is 0.301 e. The molecule has 16 heavy (non-hydrogen) atoms. The Hall–Kier alpha value is -0.780. The molecule has 0 amide bonds. The molecule has 0 aliphatic heterocycles. The van der Waals surface area contributed by atoms with Gasteiger partial charge in [0.1, 0.15) is 0 Å². The standard InChI is InChI=1S/C10H15ClN2O2S/c1-13(2)16(14,15)12-10-5-3-9(4-6-10)7-8-11/h3-6,12H,7-8H2,1-2H3. The third kappa shape index (κ3) is 3.66. The van der Waals surface area contributed by atoms with Crippen LogP contribution in [0.3, 0.4) is 0 Å². The normalized spacial score (nSPS) is 11.8. The van der Waals surface area contributed by atoms with Gasteiger partial charge in [0.25, 0.3) is 0 Å². The van der Waals surface area contributed by atoms with E-state index in [2.05, 4.69) is 4.72 Å². The Balaban J connectivity index is 2.76. The summed E-state index contributed by atoms with van der Waals surface area (Å²) in [4.78, 5) is 0. The van der Waals surface area contributed by atoms with Gasteiger partial charge in [-0.25, -0.2) is 0 Å². The van der Waals surface area contributed by atoms with E-state index in [1.165, 1.54) is 14.1 Å². The molecule has 0 heterocycles. The molecule has 0 saturated heterocycles. The number of alkyl halides is 1. The smallest absolute Gasteiger partial charge is 0.271 e. The molecule has 6 heteroatoms. The number of anilines is 1. The number of halogens is 1. The van der Waals surface area contributed by atoms with Crippen molar-refractivity contribution in [2.24, 2.45) is 0 Å². The molecule has 1 aromatic carbocycles. The van der Waals surface area contributed by atoms with Gasteiger partial charge in [0.2, 0.25) is 0 Å². The summed E-state index contributed by atoms with van der Waals surface area (Å²) < 4.78 is 26.6. The molecule has 0 aliphatic carbocycles. The minimum absolute atomic E-state index is 0.548. The predicted octanol–water partition coefficient (Wildman–Crippen LogP) is 1.69. The van der Waals surface area contributed by atoms with Crippen molar-refractivity contribution in [3.05, 3.63) is 29.8 Å². The Morgan fingerprint density at radius 1 is 1.25 bits per heavy atom. The highest BCUT2D eigenvalue weighted by Crippen LogP contribution is 2.12. The van der Waals surface area contributed by atoms with E-state index < -0.39 is 10.2 Å². The lowest BCUT2D eigenvalue weighted by atomic mass is 10.2. The maximum Gasteiger partial charge on any atom is 0.301 e. The maximum atomic E-state index is 11.5. The topological polar surface area (TPSA) is 49.4 Å². The Labute approximate surface area is 101 Å². The molecule has 0 unspecified atom stereocenters. The minimum Gasteiger partial charge on any atom is -0.271 e. The first-order valence-electron chi connectivity index (χ1n) is 4.81. The van der Waals surface area contributed by atoms with Gasteiger partial charge in [-0.3, -0.25) is 4.72 Å². The Morgan fingerprint density at radius 2 is 1.81 bits per heavy atom. The average Bonchev–Trinajstić information content (AvgIpc) is 2.21. The molecule has 0 saturated carbocycles. The summed E-state index contributed by atoms with van der Waals surface area (Å²) >= 11 is 5.61. The van der Waals surface area contributed by atoms with E-state index in [0.29, 0.717) is 11.6 Å². The van der Waals surface area contributed by atoms with Crippen molar-refractivity contribution in [1.82, 2.24) is 4.31 Å². The molecule has 0 radical (unpaired) electrons. The molecular weight excluding hydrogens is 248 g/mol. The second-order valence-electron chi connectivity index (χ2n) is 3.53. The van der Waals surface area contributed by atoms with Crippen LogP contribution in [0.25, 0.3) is 0 Å². The van der Waals surface area contributed by atoms with Crippen LogP contribution in [-0.2, 0) is 16.6 Å². The Kier molecular flexibility index (Phi) is 4.58. The van der Waals surface area contributed by atoms with Crippen LogP contribution in [0.4, 0.5) is 5.69 Å². The number of hydrogen-bond acceptors (Lipinski definition) is 2. The number of aryl methyl sites for hydroxylation is 1. The number of nitrogens with one attached hydrogen (secondary N) is 1. The van der Waals surface area contributed by atoms with Gasteiger partial charge in [-0.05, 0) is 24.1 Å². The van der Waals surface area contributed by atoms with E-state index >= 15 is 0 Å². The van der Waals surface area contributed by atoms with Gasteiger partial charge in [0.15, 0.2) is 0 Å². The zero-order chi connectivity index (χ0) is 12.2. The molecule has 0 bridgehead atoms. The molecule has 0 spiro atoms. The highest BCUT2D eigenvalue weighted by molar-refractivity contribution is 7.90. The zero-order valence-electron chi connectivity index (χ0n) is 9.27. The average molecular weight is 263 g/mol. The van der Waals surface area contributed by atoms with Crippen molar-refractivity contribution in [1.29, 1.82) is 0 Å². The van der Waals surface area contributed by atoms with Gasteiger partial charge in [0.05, 0.1) is 0 Å². The molecular formula is C10H15ClN2O2S. The van der Waals surface area contributed by atoms with Crippen molar-refractivity contribution in [2.75, 3.05) is 24.7 Å². The number of benzene rings is 1. The van der Waals surface area contributed by atoms with Gasteiger partial charge in [-0.15, -0.1) is 11.6 Å². The molecule has 1 aromatic rings. The van der Waals surface area contributed by atoms with Crippen LogP contribution >= 0.6 is 11.6 Å². The van der Waals surface area contributed by atoms with Crippen LogP contribution in [0.2, 0.25) is 0 Å². The number of hydrogen-bond donors (Lipinski definition) is 1. The number of rotatable bonds is 5. The molecule has 0 fully saturated rings. The van der Waals surface area contributed by atoms with Crippen LogP contribution in [-0.4, -0.2) is 32.7 Å². The highest BCUT2D eigenvalue weighted by Gasteiger charge is 2.12. The fraction of sp³-hybridized carbons (Fsp3) is 0.400. The second-order valence-corrected chi connectivity index (χ2v) is 5.79. The second kappa shape index (κ2) is 5.52. The molecule has 1 rings (SSSR count). The first-order valence-corrected chi connectivity index (χ1v) is 6.78. The lowest BCUT2D eigenvalue weighted by molar-refractivity contribution is 0.527. The molecule has 4 nitrogen and oxygen atoms in total. The van der Waals surface area contributed by atoms with Crippen LogP contribution in [0, 0.1) is 0 Å². The summed E-state index contributed by atoms with van der Waals surface area (Å²) in [5.41, 5.74) is 1.63. The summed E-state index contributed by atoms with van der Waals surface area (Å²) in [7, 11) is -0.466. The van der Waals surface area contributed by atoms with Gasteiger partial charge in [-0.1, -0.05) is 12.1 Å². The Bertz CT molecular complexity index is 429. The predicted molar refractivity (Wildman–Crippen MR) is 67.1 cm³/mol. The van der Waals surface area contributed by atoms with E-state index in [1.54, 1.807) is 12.1 Å². The first-order chi connectivity index (χ1) is 7.45. The van der Waals surface area contributed by atoms with Crippen molar-refractivity contribution >= 4 is 27.5 Å². The van der Waals surface area contributed by atoms with Crippen LogP contribution < -0.4 is 4.72 Å². The van der Waals surface area contributed by atoms with E-state index in [9.17, 15) is 8.42 Å². The minimum atomic E-state index is -3.42. The van der Waals surface area contributed by atoms with Crippen LogP contribution in [0.1, 0.15) is 5.56 Å². The third-order valence-corrected chi connectivity index (χ3v) is 3.71. The molecule has 90 valence electrons. The van der Waals surface area contributed by atoms with Crippen molar-refractivity contribution in [2.45, 2.75) is 6.42 Å². The highest BCUT2D eigenvalue weighted by atomic mass is 35.5. The molecule has 1 N–H and O–H groups in total. The molecule has 0 atom stereocenters. The van der Waals surface area contributed by atoms with E-state index in [1.807, 2.05) is 12.1 Å². The summed E-state index contributed by atoms with van der Waals surface area (Å²) in [6.07, 6.45) is 0.780. The summed E-state index contributed by atoms with van der Waals surface area (Å²) in [6, 6.07) is 7.16. The van der Waals surface area contributed by atoms with Gasteiger partial charge in [-0.2, -0.15) is 12.7 Å². The van der Waals surface area contributed by atoms with E-state index in [-0.39, 0.29) is 0 Å². The third-order valence-electron chi connectivity index (χ3n) is 2.06. The summed E-state index contributed by atoms with van der Waals surface area (Å²) in [6.45, 7) is 0. The quantitative estimate of drug-likeness (QED) is 0.821. The van der Waals surface area contributed by atoms with Crippen molar-refractivity contribution < 1.29 is 8.42 Å². The van der Waals surface area contributed by atoms with Gasteiger partial charge >= 0.3 is 10.2 Å². The molecule has 0 aliphatic rings. The first kappa shape index (κ1) is 13.3. The lowest BCUT2D eigenvalue weighted by Gasteiger charge is -2.13. The SMILES string of the molecule is CN(C)S(=O)(=O)Nc1ccc(CCCl)cc1. The van der Waals surface area contributed by atoms with E-state index in [0.717, 1.165) is 16.3 Å². The fourth-order valence-corrected chi connectivity index (χ4v) is 1.92. The summed E-state index contributed by atoms with van der Waals surface area (Å²) in [5.74, 6) is 0.558. The summed E-state index contributed by atoms with van der Waals surface area (Å²) in [5, 5.41) is 0. The molecule has 0 aromatic heterocycles. The van der Waals surface area contributed by atoms with E-state index in [4.69, 9.17) is 11.6 Å². The van der Waals surface area contributed by atoms with Crippen molar-refractivity contribution in [3.8, 4) is 0 Å². The van der Waals surface area contributed by atoms with Crippen LogP contribution in [0.5, 0.6) is 0 Å². The van der Waals surface area contributed by atoms with Crippen LogP contribution in [0.15, 0.2) is 24.3 Å².